The summed E-state index contributed by atoms with van der Waals surface area (Å²) in [4.78, 5) is 10.9. The summed E-state index contributed by atoms with van der Waals surface area (Å²) in [5.41, 5.74) is 1.21. The summed E-state index contributed by atoms with van der Waals surface area (Å²) in [6.45, 7) is 0. The van der Waals surface area contributed by atoms with Gasteiger partial charge in [-0.1, -0.05) is 23.7 Å². The van der Waals surface area contributed by atoms with Gasteiger partial charge in [0, 0.05) is 5.02 Å². The maximum Gasteiger partial charge on any atom is 0.311 e. The van der Waals surface area contributed by atoms with Crippen LogP contribution in [-0.4, -0.2) is 16.2 Å². The van der Waals surface area contributed by atoms with Crippen LogP contribution in [0.4, 0.5) is 0 Å². The summed E-state index contributed by atoms with van der Waals surface area (Å²) in [6, 6.07) is 5.08. The average Bonchev–Trinajstić information content (AvgIpc) is 2.46. The molecule has 74 valence electrons. The summed E-state index contributed by atoms with van der Waals surface area (Å²) in [5.74, 6) is -1.61. The predicted octanol–water partition coefficient (Wildman–Crippen LogP) is 1.95. The molecule has 3 nitrogen and oxygen atoms in total. The van der Waals surface area contributed by atoms with Crippen molar-refractivity contribution in [1.29, 1.82) is 0 Å². The van der Waals surface area contributed by atoms with Gasteiger partial charge in [-0.15, -0.1) is 0 Å². The molecule has 14 heavy (non-hydrogen) atoms. The molecule has 0 saturated carbocycles. The standard InChI is InChI=1S/C10H9ClO3/c11-7-3-1-2-5-8(12)4-6(9(5)7)10(13)14/h1-3,6,8,12H,4H2,(H,13,14). The van der Waals surface area contributed by atoms with E-state index in [0.717, 1.165) is 0 Å². The van der Waals surface area contributed by atoms with E-state index in [2.05, 4.69) is 0 Å². The summed E-state index contributed by atoms with van der Waals surface area (Å²) < 4.78 is 0. The lowest BCUT2D eigenvalue weighted by Gasteiger charge is -2.06. The third-order valence-corrected chi connectivity index (χ3v) is 2.88. The minimum absolute atomic E-state index is 0.217. The van der Waals surface area contributed by atoms with Crippen molar-refractivity contribution in [2.24, 2.45) is 0 Å². The number of halogens is 1. The molecule has 0 spiro atoms. The van der Waals surface area contributed by atoms with Gasteiger partial charge >= 0.3 is 5.97 Å². The van der Waals surface area contributed by atoms with Crippen LogP contribution in [0.25, 0.3) is 0 Å². The average molecular weight is 213 g/mol. The highest BCUT2D eigenvalue weighted by molar-refractivity contribution is 6.31. The Bertz CT molecular complexity index is 389. The number of hydrogen-bond donors (Lipinski definition) is 2. The first-order chi connectivity index (χ1) is 6.61. The predicted molar refractivity (Wildman–Crippen MR) is 51.4 cm³/mol. The van der Waals surface area contributed by atoms with Gasteiger partial charge in [-0.3, -0.25) is 4.79 Å². The molecular formula is C10H9ClO3. The van der Waals surface area contributed by atoms with Gasteiger partial charge in [0.15, 0.2) is 0 Å². The van der Waals surface area contributed by atoms with E-state index < -0.39 is 18.0 Å². The molecule has 1 aliphatic rings. The Balaban J connectivity index is 2.56. The molecule has 0 fully saturated rings. The van der Waals surface area contributed by atoms with Crippen molar-refractivity contribution >= 4 is 17.6 Å². The first-order valence-corrected chi connectivity index (χ1v) is 4.68. The molecule has 0 saturated heterocycles. The smallest absolute Gasteiger partial charge is 0.311 e. The van der Waals surface area contributed by atoms with Crippen LogP contribution in [0, 0.1) is 0 Å². The Labute approximate surface area is 85.9 Å². The third kappa shape index (κ3) is 1.29. The van der Waals surface area contributed by atoms with Gasteiger partial charge in [-0.2, -0.15) is 0 Å². The Morgan fingerprint density at radius 2 is 2.21 bits per heavy atom. The lowest BCUT2D eigenvalue weighted by atomic mass is 10.0. The Morgan fingerprint density at radius 1 is 1.50 bits per heavy atom. The van der Waals surface area contributed by atoms with Gasteiger partial charge in [0.25, 0.3) is 0 Å². The van der Waals surface area contributed by atoms with E-state index in [-0.39, 0.29) is 6.42 Å². The number of carboxylic acids is 1. The van der Waals surface area contributed by atoms with E-state index >= 15 is 0 Å². The molecule has 0 bridgehead atoms. The topological polar surface area (TPSA) is 57.5 Å². The van der Waals surface area contributed by atoms with Crippen molar-refractivity contribution in [2.45, 2.75) is 18.4 Å². The fourth-order valence-corrected chi connectivity index (χ4v) is 2.22. The monoisotopic (exact) mass is 212 g/mol. The van der Waals surface area contributed by atoms with Crippen LogP contribution in [0.2, 0.25) is 5.02 Å². The second-order valence-electron chi connectivity index (χ2n) is 3.39. The summed E-state index contributed by atoms with van der Waals surface area (Å²) in [5, 5.41) is 19.0. The van der Waals surface area contributed by atoms with Gasteiger partial charge in [-0.05, 0) is 23.6 Å². The maximum atomic E-state index is 10.9. The number of hydrogen-bond acceptors (Lipinski definition) is 2. The number of carboxylic acid groups (broad SMARTS) is 1. The lowest BCUT2D eigenvalue weighted by molar-refractivity contribution is -0.139. The zero-order valence-corrected chi connectivity index (χ0v) is 8.03. The number of aliphatic carboxylic acids is 1. The van der Waals surface area contributed by atoms with Crippen LogP contribution in [0.15, 0.2) is 18.2 Å². The van der Waals surface area contributed by atoms with E-state index in [1.165, 1.54) is 0 Å². The van der Waals surface area contributed by atoms with E-state index in [1.807, 2.05) is 0 Å². The fourth-order valence-electron chi connectivity index (χ4n) is 1.90. The molecule has 1 aliphatic carbocycles. The molecule has 1 aromatic rings. The zero-order chi connectivity index (χ0) is 10.3. The van der Waals surface area contributed by atoms with Crippen LogP contribution in [-0.2, 0) is 4.79 Å². The highest BCUT2D eigenvalue weighted by atomic mass is 35.5. The molecular weight excluding hydrogens is 204 g/mol. The molecule has 2 atom stereocenters. The number of fused-ring (bicyclic) bond motifs is 1. The molecule has 0 aromatic heterocycles. The second-order valence-corrected chi connectivity index (χ2v) is 3.79. The Hall–Kier alpha value is -1.06. The molecule has 0 amide bonds. The van der Waals surface area contributed by atoms with E-state index in [4.69, 9.17) is 16.7 Å². The maximum absolute atomic E-state index is 10.9. The van der Waals surface area contributed by atoms with Gasteiger partial charge < -0.3 is 10.2 Å². The highest BCUT2D eigenvalue weighted by Crippen LogP contribution is 2.43. The molecule has 1 aromatic carbocycles. The first kappa shape index (κ1) is 9.49. The third-order valence-electron chi connectivity index (χ3n) is 2.55. The molecule has 2 unspecified atom stereocenters. The highest BCUT2D eigenvalue weighted by Gasteiger charge is 2.35. The van der Waals surface area contributed by atoms with Crippen molar-refractivity contribution in [3.05, 3.63) is 34.3 Å². The van der Waals surface area contributed by atoms with Gasteiger partial charge in [0.1, 0.15) is 0 Å². The molecule has 2 N–H and O–H groups in total. The molecule has 0 aliphatic heterocycles. The van der Waals surface area contributed by atoms with Gasteiger partial charge in [-0.25, -0.2) is 0 Å². The number of rotatable bonds is 1. The molecule has 2 rings (SSSR count). The van der Waals surface area contributed by atoms with Crippen molar-refractivity contribution in [3.63, 3.8) is 0 Å². The van der Waals surface area contributed by atoms with E-state index in [1.54, 1.807) is 18.2 Å². The Morgan fingerprint density at radius 3 is 2.86 bits per heavy atom. The first-order valence-electron chi connectivity index (χ1n) is 4.30. The number of aliphatic hydroxyl groups is 1. The number of aliphatic hydroxyl groups excluding tert-OH is 1. The zero-order valence-electron chi connectivity index (χ0n) is 7.27. The van der Waals surface area contributed by atoms with Crippen LogP contribution in [0.5, 0.6) is 0 Å². The quantitative estimate of drug-likeness (QED) is 0.748. The van der Waals surface area contributed by atoms with Crippen LogP contribution in [0.3, 0.4) is 0 Å². The number of carbonyl (C=O) groups is 1. The van der Waals surface area contributed by atoms with Crippen molar-refractivity contribution < 1.29 is 15.0 Å². The minimum Gasteiger partial charge on any atom is -0.481 e. The molecule has 4 heteroatoms. The van der Waals surface area contributed by atoms with E-state index in [0.29, 0.717) is 16.1 Å². The van der Waals surface area contributed by atoms with Crippen molar-refractivity contribution in [1.82, 2.24) is 0 Å². The van der Waals surface area contributed by atoms with Gasteiger partial charge in [0.05, 0.1) is 12.0 Å². The van der Waals surface area contributed by atoms with Crippen LogP contribution in [0.1, 0.15) is 29.6 Å². The fraction of sp³-hybridized carbons (Fsp3) is 0.300. The second kappa shape index (κ2) is 3.26. The SMILES string of the molecule is O=C(O)C1CC(O)c2cccc(Cl)c21. The van der Waals surface area contributed by atoms with Crippen LogP contribution >= 0.6 is 11.6 Å². The summed E-state index contributed by atoms with van der Waals surface area (Å²) in [6.07, 6.45) is -0.487. The molecule has 0 heterocycles. The minimum atomic E-state index is -0.934. The largest absolute Gasteiger partial charge is 0.481 e. The summed E-state index contributed by atoms with van der Waals surface area (Å²) >= 11 is 5.90. The van der Waals surface area contributed by atoms with Gasteiger partial charge in [0.2, 0.25) is 0 Å². The summed E-state index contributed by atoms with van der Waals surface area (Å²) in [7, 11) is 0. The normalized spacial score (nSPS) is 24.7. The Kier molecular flexibility index (Phi) is 2.21. The lowest BCUT2D eigenvalue weighted by Crippen LogP contribution is -2.08. The van der Waals surface area contributed by atoms with Crippen molar-refractivity contribution in [2.75, 3.05) is 0 Å². The molecule has 0 radical (unpaired) electrons. The van der Waals surface area contributed by atoms with Crippen molar-refractivity contribution in [3.8, 4) is 0 Å². The van der Waals surface area contributed by atoms with E-state index in [9.17, 15) is 9.90 Å². The number of benzene rings is 1. The van der Waals surface area contributed by atoms with Crippen LogP contribution < -0.4 is 0 Å².